The van der Waals surface area contributed by atoms with Crippen molar-refractivity contribution in [2.45, 2.75) is 6.42 Å². The zero-order valence-electron chi connectivity index (χ0n) is 13.0. The Bertz CT molecular complexity index is 760. The molecule has 1 fully saturated rings. The molecule has 1 saturated heterocycles. The average molecular weight is 339 g/mol. The van der Waals surface area contributed by atoms with Gasteiger partial charge >= 0.3 is 0 Å². The van der Waals surface area contributed by atoms with Crippen molar-refractivity contribution in [3.05, 3.63) is 65.7 Å². The molecule has 2 aromatic carbocycles. The molecule has 3 rings (SSSR count). The number of hydrogen-bond donors (Lipinski definition) is 1. The third-order valence-corrected chi connectivity index (χ3v) is 4.17. The normalized spacial score (nSPS) is 15.8. The maximum atomic E-state index is 11.1. The average Bonchev–Trinajstić information content (AvgIpc) is 3.02. The first-order valence-electron chi connectivity index (χ1n) is 7.60. The Balaban J connectivity index is 1.53. The molecule has 0 aliphatic carbocycles. The van der Waals surface area contributed by atoms with E-state index in [-0.39, 0.29) is 5.91 Å². The Morgan fingerprint density at radius 3 is 2.83 bits per heavy atom. The minimum atomic E-state index is -0.0391. The number of ether oxygens (including phenoxy) is 1. The second-order valence-corrected chi connectivity index (χ2v) is 6.11. The van der Waals surface area contributed by atoms with Gasteiger partial charge in [0.15, 0.2) is 5.17 Å². The van der Waals surface area contributed by atoms with E-state index in [0.717, 1.165) is 17.7 Å². The summed E-state index contributed by atoms with van der Waals surface area (Å²) in [7, 11) is 0. The predicted octanol–water partition coefficient (Wildman–Crippen LogP) is 2.86. The molecular formula is C18H17N3O2S. The summed E-state index contributed by atoms with van der Waals surface area (Å²) in [5.41, 5.74) is 2.15. The molecule has 0 bridgehead atoms. The SMILES string of the molecule is O=C1CSC(=NN=Cc2cccc(OCCc3ccccc3)c2)N1. The van der Waals surface area contributed by atoms with Crippen LogP contribution in [0.25, 0.3) is 0 Å². The maximum absolute atomic E-state index is 11.1. The summed E-state index contributed by atoms with van der Waals surface area (Å²) in [5.74, 6) is 1.16. The lowest BCUT2D eigenvalue weighted by molar-refractivity contribution is -0.116. The first-order chi connectivity index (χ1) is 11.8. The van der Waals surface area contributed by atoms with E-state index in [1.807, 2.05) is 42.5 Å². The smallest absolute Gasteiger partial charge is 0.236 e. The Hall–Kier alpha value is -2.60. The van der Waals surface area contributed by atoms with Crippen molar-refractivity contribution in [2.24, 2.45) is 10.2 Å². The van der Waals surface area contributed by atoms with Gasteiger partial charge < -0.3 is 10.1 Å². The minimum absolute atomic E-state index is 0.0391. The molecule has 1 aliphatic rings. The van der Waals surface area contributed by atoms with Crippen LogP contribution in [-0.2, 0) is 11.2 Å². The molecule has 0 spiro atoms. The van der Waals surface area contributed by atoms with Crippen molar-refractivity contribution in [1.82, 2.24) is 5.32 Å². The molecule has 5 nitrogen and oxygen atoms in total. The Labute approximate surface area is 144 Å². The van der Waals surface area contributed by atoms with Crippen molar-refractivity contribution in [3.63, 3.8) is 0 Å². The fourth-order valence-electron chi connectivity index (χ4n) is 2.14. The fraction of sp³-hybridized carbons (Fsp3) is 0.167. The first-order valence-corrected chi connectivity index (χ1v) is 8.58. The van der Waals surface area contributed by atoms with Crippen LogP contribution < -0.4 is 10.1 Å². The van der Waals surface area contributed by atoms with Gasteiger partial charge in [0.05, 0.1) is 18.6 Å². The van der Waals surface area contributed by atoms with E-state index >= 15 is 0 Å². The van der Waals surface area contributed by atoms with Gasteiger partial charge in [-0.2, -0.15) is 5.10 Å². The minimum Gasteiger partial charge on any atom is -0.493 e. The standard InChI is InChI=1S/C18H17N3O2S/c22-17-13-24-18(20-17)21-19-12-15-7-4-8-16(11-15)23-10-9-14-5-2-1-3-6-14/h1-8,11-12H,9-10,13H2,(H,20,21,22). The van der Waals surface area contributed by atoms with Crippen molar-refractivity contribution in [2.75, 3.05) is 12.4 Å². The van der Waals surface area contributed by atoms with Gasteiger partial charge in [-0.1, -0.05) is 54.2 Å². The highest BCUT2D eigenvalue weighted by Gasteiger charge is 2.15. The number of rotatable bonds is 6. The van der Waals surface area contributed by atoms with Crippen LogP contribution in [0.2, 0.25) is 0 Å². The van der Waals surface area contributed by atoms with E-state index in [9.17, 15) is 4.79 Å². The summed E-state index contributed by atoms with van der Waals surface area (Å²) in [6.07, 6.45) is 2.51. The van der Waals surface area contributed by atoms with Crippen LogP contribution >= 0.6 is 11.8 Å². The van der Waals surface area contributed by atoms with Crippen molar-refractivity contribution in [1.29, 1.82) is 0 Å². The molecule has 0 saturated carbocycles. The summed E-state index contributed by atoms with van der Waals surface area (Å²) in [6, 6.07) is 17.9. The van der Waals surface area contributed by atoms with Crippen LogP contribution in [0.3, 0.4) is 0 Å². The van der Waals surface area contributed by atoms with Gasteiger partial charge in [-0.25, -0.2) is 0 Å². The molecule has 0 aromatic heterocycles. The van der Waals surface area contributed by atoms with E-state index < -0.39 is 0 Å². The lowest BCUT2D eigenvalue weighted by Crippen LogP contribution is -2.19. The summed E-state index contributed by atoms with van der Waals surface area (Å²) in [4.78, 5) is 11.1. The van der Waals surface area contributed by atoms with Crippen LogP contribution in [0.15, 0.2) is 64.8 Å². The number of carbonyl (C=O) groups excluding carboxylic acids is 1. The summed E-state index contributed by atoms with van der Waals surface area (Å²) < 4.78 is 5.79. The number of nitrogens with zero attached hydrogens (tertiary/aromatic N) is 2. The van der Waals surface area contributed by atoms with Gasteiger partial charge in [-0.05, 0) is 23.3 Å². The number of nitrogens with one attached hydrogen (secondary N) is 1. The van der Waals surface area contributed by atoms with E-state index in [2.05, 4.69) is 27.7 Å². The second kappa shape index (κ2) is 8.31. The second-order valence-electron chi connectivity index (χ2n) is 5.14. The van der Waals surface area contributed by atoms with Gasteiger partial charge in [0.25, 0.3) is 0 Å². The van der Waals surface area contributed by atoms with Gasteiger partial charge in [0.1, 0.15) is 5.75 Å². The molecule has 1 heterocycles. The third-order valence-electron chi connectivity index (χ3n) is 3.30. The Morgan fingerprint density at radius 2 is 2.04 bits per heavy atom. The highest BCUT2D eigenvalue weighted by molar-refractivity contribution is 8.15. The molecule has 1 amide bonds. The molecule has 1 aliphatic heterocycles. The Kier molecular flexibility index (Phi) is 5.63. The number of hydrogen-bond acceptors (Lipinski definition) is 5. The molecular weight excluding hydrogens is 322 g/mol. The molecule has 0 atom stereocenters. The third kappa shape index (κ3) is 4.96. The summed E-state index contributed by atoms with van der Waals surface area (Å²) in [6.45, 7) is 0.621. The zero-order valence-corrected chi connectivity index (χ0v) is 13.8. The highest BCUT2D eigenvalue weighted by atomic mass is 32.2. The van der Waals surface area contributed by atoms with E-state index in [4.69, 9.17) is 4.74 Å². The fourth-order valence-corrected chi connectivity index (χ4v) is 2.77. The van der Waals surface area contributed by atoms with E-state index in [1.54, 1.807) is 6.21 Å². The quantitative estimate of drug-likeness (QED) is 0.650. The lowest BCUT2D eigenvalue weighted by atomic mass is 10.2. The van der Waals surface area contributed by atoms with Crippen LogP contribution in [0.1, 0.15) is 11.1 Å². The number of thioether (sulfide) groups is 1. The zero-order chi connectivity index (χ0) is 16.6. The molecule has 0 radical (unpaired) electrons. The largest absolute Gasteiger partial charge is 0.493 e. The van der Waals surface area contributed by atoms with Crippen molar-refractivity contribution >= 4 is 29.1 Å². The van der Waals surface area contributed by atoms with Crippen LogP contribution in [-0.4, -0.2) is 29.6 Å². The summed E-state index contributed by atoms with van der Waals surface area (Å²) >= 11 is 1.35. The Morgan fingerprint density at radius 1 is 1.17 bits per heavy atom. The van der Waals surface area contributed by atoms with Crippen LogP contribution in [0.5, 0.6) is 5.75 Å². The van der Waals surface area contributed by atoms with Crippen LogP contribution in [0, 0.1) is 0 Å². The van der Waals surface area contributed by atoms with Crippen molar-refractivity contribution in [3.8, 4) is 5.75 Å². The van der Waals surface area contributed by atoms with Crippen molar-refractivity contribution < 1.29 is 9.53 Å². The summed E-state index contributed by atoms with van der Waals surface area (Å²) in [5, 5.41) is 11.1. The highest BCUT2D eigenvalue weighted by Crippen LogP contribution is 2.13. The number of amidine groups is 1. The van der Waals surface area contributed by atoms with Gasteiger partial charge in [-0.15, -0.1) is 5.10 Å². The number of amides is 1. The molecule has 1 N–H and O–H groups in total. The predicted molar refractivity (Wildman–Crippen MR) is 97.7 cm³/mol. The van der Waals surface area contributed by atoms with Gasteiger partial charge in [0, 0.05) is 6.42 Å². The number of benzene rings is 2. The molecule has 2 aromatic rings. The molecule has 122 valence electrons. The van der Waals surface area contributed by atoms with E-state index in [0.29, 0.717) is 17.5 Å². The first kappa shape index (κ1) is 16.3. The van der Waals surface area contributed by atoms with Gasteiger partial charge in [-0.3, -0.25) is 4.79 Å². The molecule has 24 heavy (non-hydrogen) atoms. The topological polar surface area (TPSA) is 63.0 Å². The van der Waals surface area contributed by atoms with Crippen LogP contribution in [0.4, 0.5) is 0 Å². The molecule has 6 heteroatoms. The monoisotopic (exact) mass is 339 g/mol. The number of carbonyl (C=O) groups is 1. The van der Waals surface area contributed by atoms with E-state index in [1.165, 1.54) is 17.3 Å². The molecule has 0 unspecified atom stereocenters. The lowest BCUT2D eigenvalue weighted by Gasteiger charge is -2.06. The maximum Gasteiger partial charge on any atom is 0.236 e. The van der Waals surface area contributed by atoms with Gasteiger partial charge in [0.2, 0.25) is 5.91 Å².